The number of hydrogen-bond donors (Lipinski definition) is 1. The maximum absolute atomic E-state index is 5.62. The molecule has 2 aromatic heterocycles. The van der Waals surface area contributed by atoms with E-state index in [0.29, 0.717) is 6.61 Å². The van der Waals surface area contributed by atoms with E-state index in [0.717, 1.165) is 44.2 Å². The molecule has 0 radical (unpaired) electrons. The number of H-pyrrole nitrogens is 1. The standard InChI is InChI=1S/C14H21N5O/c1-2-6-18-7-5-15-14(18)10-19-8-9-20-11-13(19)12-3-4-16-17-12/h3-5,7,13H,2,6,8-11H2,1H3,(H,16,17). The number of aromatic amines is 1. The Morgan fingerprint density at radius 1 is 1.45 bits per heavy atom. The molecule has 2 aromatic rings. The lowest BCUT2D eigenvalue weighted by Gasteiger charge is -2.34. The Morgan fingerprint density at radius 2 is 2.40 bits per heavy atom. The Labute approximate surface area is 118 Å². The van der Waals surface area contributed by atoms with Crippen LogP contribution in [0.15, 0.2) is 24.7 Å². The smallest absolute Gasteiger partial charge is 0.122 e. The number of nitrogens with one attached hydrogen (secondary N) is 1. The summed E-state index contributed by atoms with van der Waals surface area (Å²) in [4.78, 5) is 6.91. The first-order chi connectivity index (χ1) is 9.88. The molecule has 6 heteroatoms. The highest BCUT2D eigenvalue weighted by molar-refractivity contribution is 5.07. The van der Waals surface area contributed by atoms with Crippen molar-refractivity contribution in [2.45, 2.75) is 32.5 Å². The van der Waals surface area contributed by atoms with Gasteiger partial charge < -0.3 is 9.30 Å². The predicted octanol–water partition coefficient (Wildman–Crippen LogP) is 1.59. The second kappa shape index (κ2) is 6.19. The van der Waals surface area contributed by atoms with E-state index >= 15 is 0 Å². The zero-order valence-electron chi connectivity index (χ0n) is 11.8. The molecule has 0 bridgehead atoms. The quantitative estimate of drug-likeness (QED) is 0.900. The van der Waals surface area contributed by atoms with Gasteiger partial charge in [0.15, 0.2) is 0 Å². The summed E-state index contributed by atoms with van der Waals surface area (Å²) >= 11 is 0. The maximum atomic E-state index is 5.62. The molecule has 20 heavy (non-hydrogen) atoms. The van der Waals surface area contributed by atoms with Gasteiger partial charge in [-0.25, -0.2) is 4.98 Å². The number of hydrogen-bond acceptors (Lipinski definition) is 4. The van der Waals surface area contributed by atoms with Crippen LogP contribution in [0.4, 0.5) is 0 Å². The summed E-state index contributed by atoms with van der Waals surface area (Å²) in [5, 5.41) is 7.11. The molecule has 1 aliphatic rings. The molecule has 1 saturated heterocycles. The second-order valence-electron chi connectivity index (χ2n) is 5.11. The highest BCUT2D eigenvalue weighted by atomic mass is 16.5. The third kappa shape index (κ3) is 2.76. The van der Waals surface area contributed by atoms with Gasteiger partial charge >= 0.3 is 0 Å². The zero-order chi connectivity index (χ0) is 13.8. The largest absolute Gasteiger partial charge is 0.378 e. The van der Waals surface area contributed by atoms with Crippen LogP contribution >= 0.6 is 0 Å². The van der Waals surface area contributed by atoms with Gasteiger partial charge in [-0.15, -0.1) is 0 Å². The highest BCUT2D eigenvalue weighted by Crippen LogP contribution is 2.23. The molecule has 0 aromatic carbocycles. The summed E-state index contributed by atoms with van der Waals surface area (Å²) in [6.45, 7) is 6.46. The van der Waals surface area contributed by atoms with Crippen molar-refractivity contribution in [2.75, 3.05) is 19.8 Å². The number of imidazole rings is 1. The first-order valence-corrected chi connectivity index (χ1v) is 7.19. The number of nitrogens with zero attached hydrogens (tertiary/aromatic N) is 4. The molecule has 108 valence electrons. The van der Waals surface area contributed by atoms with Gasteiger partial charge in [-0.3, -0.25) is 10.00 Å². The number of aromatic nitrogens is 4. The summed E-state index contributed by atoms with van der Waals surface area (Å²) in [7, 11) is 0. The fourth-order valence-electron chi connectivity index (χ4n) is 2.68. The van der Waals surface area contributed by atoms with Gasteiger partial charge in [-0.05, 0) is 12.5 Å². The van der Waals surface area contributed by atoms with Crippen molar-refractivity contribution in [1.82, 2.24) is 24.6 Å². The second-order valence-corrected chi connectivity index (χ2v) is 5.11. The minimum atomic E-state index is 0.234. The topological polar surface area (TPSA) is 59.0 Å². The molecule has 1 aliphatic heterocycles. The van der Waals surface area contributed by atoms with Crippen molar-refractivity contribution in [3.63, 3.8) is 0 Å². The summed E-state index contributed by atoms with van der Waals surface area (Å²) in [6, 6.07) is 2.25. The van der Waals surface area contributed by atoms with Gasteiger partial charge in [0.1, 0.15) is 5.82 Å². The molecule has 1 atom stereocenters. The van der Waals surface area contributed by atoms with Crippen LogP contribution in [0.3, 0.4) is 0 Å². The fourth-order valence-corrected chi connectivity index (χ4v) is 2.68. The van der Waals surface area contributed by atoms with E-state index in [9.17, 15) is 0 Å². The average Bonchev–Trinajstić information content (AvgIpc) is 3.12. The van der Waals surface area contributed by atoms with Crippen molar-refractivity contribution in [3.8, 4) is 0 Å². The molecule has 0 amide bonds. The fraction of sp³-hybridized carbons (Fsp3) is 0.571. The molecule has 6 nitrogen and oxygen atoms in total. The Kier molecular flexibility index (Phi) is 4.13. The molecule has 1 unspecified atom stereocenters. The van der Waals surface area contributed by atoms with Crippen LogP contribution in [-0.2, 0) is 17.8 Å². The van der Waals surface area contributed by atoms with Crippen LogP contribution in [0.25, 0.3) is 0 Å². The van der Waals surface area contributed by atoms with E-state index in [1.54, 1.807) is 6.20 Å². The van der Waals surface area contributed by atoms with E-state index in [1.807, 2.05) is 12.3 Å². The van der Waals surface area contributed by atoms with E-state index in [1.165, 1.54) is 0 Å². The van der Waals surface area contributed by atoms with Gasteiger partial charge in [0, 0.05) is 31.7 Å². The minimum Gasteiger partial charge on any atom is -0.378 e. The summed E-state index contributed by atoms with van der Waals surface area (Å²) in [5.41, 5.74) is 1.11. The molecule has 0 aliphatic carbocycles. The van der Waals surface area contributed by atoms with Crippen LogP contribution in [0.5, 0.6) is 0 Å². The van der Waals surface area contributed by atoms with Gasteiger partial charge in [-0.2, -0.15) is 5.10 Å². The maximum Gasteiger partial charge on any atom is 0.122 e. The monoisotopic (exact) mass is 275 g/mol. The van der Waals surface area contributed by atoms with Crippen molar-refractivity contribution in [1.29, 1.82) is 0 Å². The molecule has 1 fully saturated rings. The first kappa shape index (κ1) is 13.3. The van der Waals surface area contributed by atoms with Crippen LogP contribution < -0.4 is 0 Å². The van der Waals surface area contributed by atoms with E-state index in [2.05, 4.69) is 37.8 Å². The van der Waals surface area contributed by atoms with Gasteiger partial charge in [0.25, 0.3) is 0 Å². The van der Waals surface area contributed by atoms with Crippen molar-refractivity contribution in [3.05, 3.63) is 36.2 Å². The molecule has 0 spiro atoms. The predicted molar refractivity (Wildman–Crippen MR) is 75.1 cm³/mol. The molecule has 1 N–H and O–H groups in total. The Bertz CT molecular complexity index is 521. The Hall–Kier alpha value is -1.66. The van der Waals surface area contributed by atoms with E-state index in [-0.39, 0.29) is 6.04 Å². The Morgan fingerprint density at radius 3 is 3.20 bits per heavy atom. The third-order valence-corrected chi connectivity index (χ3v) is 3.73. The molecule has 3 heterocycles. The van der Waals surface area contributed by atoms with E-state index < -0.39 is 0 Å². The molecular weight excluding hydrogens is 254 g/mol. The van der Waals surface area contributed by atoms with Crippen molar-refractivity contribution in [2.24, 2.45) is 0 Å². The lowest BCUT2D eigenvalue weighted by Crippen LogP contribution is -2.39. The summed E-state index contributed by atoms with van der Waals surface area (Å²) in [5.74, 6) is 1.12. The van der Waals surface area contributed by atoms with Crippen LogP contribution in [-0.4, -0.2) is 44.4 Å². The summed E-state index contributed by atoms with van der Waals surface area (Å²) < 4.78 is 7.85. The normalized spacial score (nSPS) is 20.4. The number of aryl methyl sites for hydroxylation is 1. The third-order valence-electron chi connectivity index (χ3n) is 3.73. The number of morpholine rings is 1. The van der Waals surface area contributed by atoms with Crippen LogP contribution in [0.1, 0.15) is 30.9 Å². The summed E-state index contributed by atoms with van der Waals surface area (Å²) in [6.07, 6.45) is 6.86. The van der Waals surface area contributed by atoms with Gasteiger partial charge in [-0.1, -0.05) is 6.92 Å². The van der Waals surface area contributed by atoms with Crippen molar-refractivity contribution >= 4 is 0 Å². The van der Waals surface area contributed by atoms with Crippen LogP contribution in [0.2, 0.25) is 0 Å². The number of ether oxygens (including phenoxy) is 1. The van der Waals surface area contributed by atoms with Crippen LogP contribution in [0, 0.1) is 0 Å². The lowest BCUT2D eigenvalue weighted by atomic mass is 10.1. The molecular formula is C14H21N5O. The molecule has 3 rings (SSSR count). The first-order valence-electron chi connectivity index (χ1n) is 7.19. The van der Waals surface area contributed by atoms with Gasteiger partial charge in [0.05, 0.1) is 31.5 Å². The Balaban J connectivity index is 1.75. The van der Waals surface area contributed by atoms with Gasteiger partial charge in [0.2, 0.25) is 0 Å². The minimum absolute atomic E-state index is 0.234. The molecule has 0 saturated carbocycles. The SMILES string of the molecule is CCCn1ccnc1CN1CCOCC1c1ccn[nH]1. The number of rotatable bonds is 5. The van der Waals surface area contributed by atoms with Crippen molar-refractivity contribution < 1.29 is 4.74 Å². The van der Waals surface area contributed by atoms with E-state index in [4.69, 9.17) is 4.74 Å². The zero-order valence-corrected chi connectivity index (χ0v) is 11.8. The highest BCUT2D eigenvalue weighted by Gasteiger charge is 2.26. The lowest BCUT2D eigenvalue weighted by molar-refractivity contribution is -0.0158. The average molecular weight is 275 g/mol.